The predicted molar refractivity (Wildman–Crippen MR) is 85.7 cm³/mol. The molecule has 0 heterocycles. The smallest absolute Gasteiger partial charge is 0.283 e. The summed E-state index contributed by atoms with van der Waals surface area (Å²) in [6.45, 7) is 1.41. The molecule has 2 aromatic carbocycles. The standard InChI is InChI=1S/C17H15NO3S/c1-11(19)13-6-8-17(16(10-13)18(20)21)22-15-7-5-12-3-2-4-14(12)9-15/h5-10H,2-4H2,1H3. The number of aryl methyl sites for hydroxylation is 2. The lowest BCUT2D eigenvalue weighted by molar-refractivity contribution is -0.387. The van der Waals surface area contributed by atoms with Crippen molar-refractivity contribution in [1.82, 2.24) is 0 Å². The van der Waals surface area contributed by atoms with E-state index in [1.165, 1.54) is 42.3 Å². The van der Waals surface area contributed by atoms with Crippen molar-refractivity contribution in [3.8, 4) is 0 Å². The van der Waals surface area contributed by atoms with Crippen molar-refractivity contribution in [2.45, 2.75) is 36.0 Å². The van der Waals surface area contributed by atoms with Crippen LogP contribution in [-0.4, -0.2) is 10.7 Å². The second kappa shape index (κ2) is 5.93. The maximum absolute atomic E-state index is 11.4. The highest BCUT2D eigenvalue weighted by Crippen LogP contribution is 2.37. The van der Waals surface area contributed by atoms with Gasteiger partial charge in [-0.05, 0) is 61.6 Å². The molecule has 3 rings (SSSR count). The highest BCUT2D eigenvalue weighted by atomic mass is 32.2. The van der Waals surface area contributed by atoms with E-state index in [1.807, 2.05) is 6.07 Å². The first kappa shape index (κ1) is 14.8. The Hall–Kier alpha value is -2.14. The Balaban J connectivity index is 1.94. The first-order valence-electron chi connectivity index (χ1n) is 7.13. The molecular formula is C17H15NO3S. The minimum absolute atomic E-state index is 0.0156. The van der Waals surface area contributed by atoms with E-state index in [0.717, 1.165) is 17.7 Å². The maximum Gasteiger partial charge on any atom is 0.283 e. The average molecular weight is 313 g/mol. The quantitative estimate of drug-likeness (QED) is 0.476. The number of benzene rings is 2. The summed E-state index contributed by atoms with van der Waals surface area (Å²) in [5.41, 5.74) is 3.07. The van der Waals surface area contributed by atoms with Crippen LogP contribution >= 0.6 is 11.8 Å². The Labute approximate surface area is 132 Å². The van der Waals surface area contributed by atoms with Crippen LogP contribution in [0.3, 0.4) is 0 Å². The molecule has 1 aliphatic carbocycles. The maximum atomic E-state index is 11.4. The molecule has 0 amide bonds. The van der Waals surface area contributed by atoms with Crippen LogP contribution in [0.1, 0.15) is 34.8 Å². The van der Waals surface area contributed by atoms with E-state index in [2.05, 4.69) is 12.1 Å². The van der Waals surface area contributed by atoms with Crippen molar-refractivity contribution < 1.29 is 9.72 Å². The van der Waals surface area contributed by atoms with Gasteiger partial charge in [-0.15, -0.1) is 0 Å². The molecule has 112 valence electrons. The van der Waals surface area contributed by atoms with E-state index in [1.54, 1.807) is 12.1 Å². The molecule has 0 N–H and O–H groups in total. The van der Waals surface area contributed by atoms with Crippen LogP contribution in [0.5, 0.6) is 0 Å². The fraction of sp³-hybridized carbons (Fsp3) is 0.235. The number of carbonyl (C=O) groups is 1. The number of Topliss-reactive ketones (excluding diaryl/α,β-unsaturated/α-hetero) is 1. The van der Waals surface area contributed by atoms with E-state index in [4.69, 9.17) is 0 Å². The van der Waals surface area contributed by atoms with Gasteiger partial charge < -0.3 is 0 Å². The van der Waals surface area contributed by atoms with Gasteiger partial charge in [-0.1, -0.05) is 17.8 Å². The predicted octanol–water partition coefficient (Wildman–Crippen LogP) is 4.44. The summed E-state index contributed by atoms with van der Waals surface area (Å²) < 4.78 is 0. The lowest BCUT2D eigenvalue weighted by Crippen LogP contribution is -1.97. The van der Waals surface area contributed by atoms with Crippen molar-refractivity contribution in [1.29, 1.82) is 0 Å². The van der Waals surface area contributed by atoms with Gasteiger partial charge in [-0.25, -0.2) is 0 Å². The summed E-state index contributed by atoms with van der Waals surface area (Å²) in [6.07, 6.45) is 3.37. The second-order valence-electron chi connectivity index (χ2n) is 5.38. The fourth-order valence-corrected chi connectivity index (χ4v) is 3.67. The van der Waals surface area contributed by atoms with Gasteiger partial charge in [0.25, 0.3) is 5.69 Å². The fourth-order valence-electron chi connectivity index (χ4n) is 2.70. The Morgan fingerprint density at radius 1 is 1.14 bits per heavy atom. The molecule has 5 heteroatoms. The van der Waals surface area contributed by atoms with Gasteiger partial charge in [-0.3, -0.25) is 14.9 Å². The normalized spacial score (nSPS) is 13.0. The van der Waals surface area contributed by atoms with Crippen molar-refractivity contribution >= 4 is 23.2 Å². The zero-order valence-corrected chi connectivity index (χ0v) is 13.0. The van der Waals surface area contributed by atoms with Gasteiger partial charge in [0, 0.05) is 16.5 Å². The minimum Gasteiger partial charge on any atom is -0.295 e. The topological polar surface area (TPSA) is 60.2 Å². The van der Waals surface area contributed by atoms with E-state index < -0.39 is 4.92 Å². The number of hydrogen-bond donors (Lipinski definition) is 0. The van der Waals surface area contributed by atoms with Crippen LogP contribution in [0.15, 0.2) is 46.2 Å². The molecule has 4 nitrogen and oxygen atoms in total. The SMILES string of the molecule is CC(=O)c1ccc(Sc2ccc3c(c2)CCC3)c([N+](=O)[O-])c1. The van der Waals surface area contributed by atoms with Crippen LogP contribution in [0.4, 0.5) is 5.69 Å². The molecule has 1 aliphatic rings. The van der Waals surface area contributed by atoms with Gasteiger partial charge in [0.2, 0.25) is 0 Å². The van der Waals surface area contributed by atoms with E-state index in [9.17, 15) is 14.9 Å². The molecule has 0 saturated heterocycles. The summed E-state index contributed by atoms with van der Waals surface area (Å²) in [5.74, 6) is -0.169. The van der Waals surface area contributed by atoms with Crippen LogP contribution in [0.2, 0.25) is 0 Å². The highest BCUT2D eigenvalue weighted by Gasteiger charge is 2.18. The van der Waals surface area contributed by atoms with Crippen LogP contribution in [0.25, 0.3) is 0 Å². The molecule has 0 unspecified atom stereocenters. The van der Waals surface area contributed by atoms with Gasteiger partial charge in [-0.2, -0.15) is 0 Å². The Morgan fingerprint density at radius 2 is 1.91 bits per heavy atom. The summed E-state index contributed by atoms with van der Waals surface area (Å²) in [6, 6.07) is 10.9. The number of nitro benzene ring substituents is 1. The number of ketones is 1. The van der Waals surface area contributed by atoms with Gasteiger partial charge in [0.1, 0.15) is 0 Å². The average Bonchev–Trinajstić information content (AvgIpc) is 2.94. The van der Waals surface area contributed by atoms with Crippen LogP contribution in [0, 0.1) is 10.1 Å². The Bertz CT molecular complexity index is 770. The monoisotopic (exact) mass is 313 g/mol. The molecule has 2 aromatic rings. The largest absolute Gasteiger partial charge is 0.295 e. The summed E-state index contributed by atoms with van der Waals surface area (Å²) >= 11 is 1.38. The Morgan fingerprint density at radius 3 is 2.64 bits per heavy atom. The first-order valence-corrected chi connectivity index (χ1v) is 7.95. The van der Waals surface area contributed by atoms with Gasteiger partial charge >= 0.3 is 0 Å². The van der Waals surface area contributed by atoms with Crippen molar-refractivity contribution in [3.05, 3.63) is 63.2 Å². The number of nitro groups is 1. The van der Waals surface area contributed by atoms with Crippen molar-refractivity contribution in [3.63, 3.8) is 0 Å². The first-order chi connectivity index (χ1) is 10.5. The molecule has 0 radical (unpaired) electrons. The highest BCUT2D eigenvalue weighted by molar-refractivity contribution is 7.99. The molecule has 0 atom stereocenters. The summed E-state index contributed by atoms with van der Waals surface area (Å²) in [5, 5.41) is 11.3. The van der Waals surface area contributed by atoms with E-state index >= 15 is 0 Å². The summed E-state index contributed by atoms with van der Waals surface area (Å²) in [4.78, 5) is 23.8. The molecule has 0 aliphatic heterocycles. The number of nitrogens with zero attached hydrogens (tertiary/aromatic N) is 1. The third-order valence-electron chi connectivity index (χ3n) is 3.86. The van der Waals surface area contributed by atoms with E-state index in [-0.39, 0.29) is 11.5 Å². The zero-order valence-electron chi connectivity index (χ0n) is 12.2. The zero-order chi connectivity index (χ0) is 15.7. The Kier molecular flexibility index (Phi) is 3.98. The molecule has 0 spiro atoms. The molecule has 22 heavy (non-hydrogen) atoms. The van der Waals surface area contributed by atoms with Gasteiger partial charge in [0.05, 0.1) is 9.82 Å². The molecule has 0 aromatic heterocycles. The molecule has 0 bridgehead atoms. The van der Waals surface area contributed by atoms with Gasteiger partial charge in [0.15, 0.2) is 5.78 Å². The van der Waals surface area contributed by atoms with Crippen molar-refractivity contribution in [2.75, 3.05) is 0 Å². The number of rotatable bonds is 4. The third kappa shape index (κ3) is 2.90. The number of carbonyl (C=O) groups excluding carboxylic acids is 1. The summed E-state index contributed by atoms with van der Waals surface area (Å²) in [7, 11) is 0. The second-order valence-corrected chi connectivity index (χ2v) is 6.50. The molecular weight excluding hydrogens is 298 g/mol. The third-order valence-corrected chi connectivity index (χ3v) is 4.91. The van der Waals surface area contributed by atoms with Crippen LogP contribution in [-0.2, 0) is 12.8 Å². The van der Waals surface area contributed by atoms with Crippen molar-refractivity contribution in [2.24, 2.45) is 0 Å². The number of hydrogen-bond acceptors (Lipinski definition) is 4. The molecule has 0 saturated carbocycles. The lowest BCUT2D eigenvalue weighted by Gasteiger charge is -2.06. The molecule has 0 fully saturated rings. The number of fused-ring (bicyclic) bond motifs is 1. The van der Waals surface area contributed by atoms with Crippen LogP contribution < -0.4 is 0 Å². The lowest BCUT2D eigenvalue weighted by atomic mass is 10.1. The minimum atomic E-state index is -0.428. The van der Waals surface area contributed by atoms with E-state index in [0.29, 0.717) is 10.5 Å².